The van der Waals surface area contributed by atoms with Crippen molar-refractivity contribution < 1.29 is 0 Å². The number of rotatable bonds is 0. The second-order valence-corrected chi connectivity index (χ2v) is 4.17. The molecule has 1 aromatic rings. The number of aliphatic imine (C=N–C) groups is 1. The van der Waals surface area contributed by atoms with Crippen molar-refractivity contribution in [2.75, 3.05) is 18.9 Å². The number of likely N-dealkylation sites (N-methyl/N-ethyl adjacent to an activating group) is 1. The summed E-state index contributed by atoms with van der Waals surface area (Å²) in [5.41, 5.74) is 7.66. The summed E-state index contributed by atoms with van der Waals surface area (Å²) >= 11 is 0. The van der Waals surface area contributed by atoms with E-state index in [4.69, 9.17) is 4.99 Å². The van der Waals surface area contributed by atoms with Gasteiger partial charge in [0.25, 0.3) is 0 Å². The van der Waals surface area contributed by atoms with Crippen molar-refractivity contribution in [1.29, 1.82) is 0 Å². The fourth-order valence-electron chi connectivity index (χ4n) is 1.98. The van der Waals surface area contributed by atoms with E-state index in [1.807, 2.05) is 18.3 Å². The molecular formula is C12H14N4. The zero-order chi connectivity index (χ0) is 11.1. The molecule has 0 spiro atoms. The van der Waals surface area contributed by atoms with E-state index in [1.165, 1.54) is 11.1 Å². The Hall–Kier alpha value is -1.97. The molecule has 0 amide bonds. The van der Waals surface area contributed by atoms with Crippen LogP contribution in [0.3, 0.4) is 0 Å². The lowest BCUT2D eigenvalue weighted by molar-refractivity contribution is 0.452. The first-order chi connectivity index (χ1) is 7.74. The van der Waals surface area contributed by atoms with Gasteiger partial charge in [-0.3, -0.25) is 5.01 Å². The third-order valence-corrected chi connectivity index (χ3v) is 2.89. The largest absolute Gasteiger partial charge is 0.379 e. The predicted molar refractivity (Wildman–Crippen MR) is 65.7 cm³/mol. The van der Waals surface area contributed by atoms with E-state index in [-0.39, 0.29) is 0 Å². The number of anilines is 1. The van der Waals surface area contributed by atoms with E-state index < -0.39 is 0 Å². The SMILES string of the molecule is Cc1ccc2c(c1)N=C1C(=CNN1C)CN2. The highest BCUT2D eigenvalue weighted by atomic mass is 15.5. The maximum Gasteiger partial charge on any atom is 0.154 e. The topological polar surface area (TPSA) is 39.7 Å². The zero-order valence-corrected chi connectivity index (χ0v) is 9.41. The average Bonchev–Trinajstić information content (AvgIpc) is 2.51. The van der Waals surface area contributed by atoms with Crippen molar-refractivity contribution in [2.45, 2.75) is 6.92 Å². The van der Waals surface area contributed by atoms with Crippen molar-refractivity contribution >= 4 is 17.2 Å². The number of amidine groups is 1. The number of benzene rings is 1. The minimum atomic E-state index is 0.812. The van der Waals surface area contributed by atoms with Gasteiger partial charge >= 0.3 is 0 Å². The Kier molecular flexibility index (Phi) is 1.89. The summed E-state index contributed by atoms with van der Waals surface area (Å²) in [4.78, 5) is 4.69. The fourth-order valence-corrected chi connectivity index (χ4v) is 1.98. The molecule has 0 unspecified atom stereocenters. The third kappa shape index (κ3) is 1.34. The van der Waals surface area contributed by atoms with Gasteiger partial charge in [0.2, 0.25) is 0 Å². The van der Waals surface area contributed by atoms with Crippen LogP contribution in [-0.2, 0) is 0 Å². The molecule has 0 aliphatic carbocycles. The van der Waals surface area contributed by atoms with Crippen LogP contribution in [0.25, 0.3) is 0 Å². The van der Waals surface area contributed by atoms with Gasteiger partial charge in [-0.2, -0.15) is 0 Å². The molecule has 2 aliphatic heterocycles. The van der Waals surface area contributed by atoms with Crippen LogP contribution >= 0.6 is 0 Å². The van der Waals surface area contributed by atoms with Crippen LogP contribution in [0.2, 0.25) is 0 Å². The summed E-state index contributed by atoms with van der Waals surface area (Å²) in [5, 5.41) is 5.33. The average molecular weight is 214 g/mol. The molecule has 0 radical (unpaired) electrons. The van der Waals surface area contributed by atoms with E-state index in [9.17, 15) is 0 Å². The van der Waals surface area contributed by atoms with Crippen LogP contribution in [0, 0.1) is 6.92 Å². The Balaban J connectivity index is 2.13. The quantitative estimate of drug-likeness (QED) is 0.691. The number of hydrogen-bond acceptors (Lipinski definition) is 4. The molecule has 0 saturated carbocycles. The van der Waals surface area contributed by atoms with Gasteiger partial charge in [0, 0.05) is 25.4 Å². The number of hydrazine groups is 1. The van der Waals surface area contributed by atoms with E-state index in [1.54, 1.807) is 0 Å². The lowest BCUT2D eigenvalue weighted by Crippen LogP contribution is -2.30. The summed E-state index contributed by atoms with van der Waals surface area (Å²) in [6.45, 7) is 2.89. The highest BCUT2D eigenvalue weighted by Gasteiger charge is 2.21. The zero-order valence-electron chi connectivity index (χ0n) is 9.41. The number of hydrogen-bond donors (Lipinski definition) is 2. The summed E-state index contributed by atoms with van der Waals surface area (Å²) in [6, 6.07) is 6.29. The molecule has 3 rings (SSSR count). The summed E-state index contributed by atoms with van der Waals surface area (Å²) in [7, 11) is 1.98. The molecule has 2 heterocycles. The van der Waals surface area contributed by atoms with Gasteiger partial charge in [0.15, 0.2) is 5.84 Å². The van der Waals surface area contributed by atoms with E-state index in [2.05, 4.69) is 35.9 Å². The maximum atomic E-state index is 4.69. The Bertz CT molecular complexity index is 502. The maximum absolute atomic E-state index is 4.69. The standard InChI is InChI=1S/C12H14N4/c1-8-3-4-10-11(5-8)15-12-9(6-13-10)7-14-16(12)2/h3-5,7,13-14H,6H2,1-2H3. The smallest absolute Gasteiger partial charge is 0.154 e. The summed E-state index contributed by atoms with van der Waals surface area (Å²) < 4.78 is 0. The molecule has 16 heavy (non-hydrogen) atoms. The highest BCUT2D eigenvalue weighted by molar-refractivity contribution is 6.03. The minimum Gasteiger partial charge on any atom is -0.379 e. The van der Waals surface area contributed by atoms with Crippen molar-refractivity contribution in [3.8, 4) is 0 Å². The summed E-state index contributed by atoms with van der Waals surface area (Å²) in [6.07, 6.45) is 1.99. The first-order valence-electron chi connectivity index (χ1n) is 5.36. The Labute approximate surface area is 94.6 Å². The molecule has 0 bridgehead atoms. The second-order valence-electron chi connectivity index (χ2n) is 4.17. The molecule has 2 N–H and O–H groups in total. The van der Waals surface area contributed by atoms with Crippen LogP contribution in [0.15, 0.2) is 35.0 Å². The third-order valence-electron chi connectivity index (χ3n) is 2.89. The Morgan fingerprint density at radius 2 is 2.25 bits per heavy atom. The molecule has 4 nitrogen and oxygen atoms in total. The Morgan fingerprint density at radius 3 is 3.12 bits per heavy atom. The van der Waals surface area contributed by atoms with Crippen molar-refractivity contribution in [2.24, 2.45) is 4.99 Å². The normalized spacial score (nSPS) is 17.5. The Morgan fingerprint density at radius 1 is 1.38 bits per heavy atom. The molecule has 2 aliphatic rings. The van der Waals surface area contributed by atoms with Gasteiger partial charge in [0.1, 0.15) is 0 Å². The van der Waals surface area contributed by atoms with Gasteiger partial charge in [-0.15, -0.1) is 0 Å². The molecular weight excluding hydrogens is 200 g/mol. The number of fused-ring (bicyclic) bond motifs is 2. The lowest BCUT2D eigenvalue weighted by atomic mass is 10.2. The minimum absolute atomic E-state index is 0.812. The molecule has 0 fully saturated rings. The van der Waals surface area contributed by atoms with Gasteiger partial charge in [-0.05, 0) is 24.6 Å². The van der Waals surface area contributed by atoms with Crippen LogP contribution in [-0.4, -0.2) is 24.4 Å². The molecule has 0 saturated heterocycles. The first kappa shape index (κ1) is 9.27. The van der Waals surface area contributed by atoms with Crippen molar-refractivity contribution in [3.05, 3.63) is 35.5 Å². The lowest BCUT2D eigenvalue weighted by Gasteiger charge is -2.12. The molecule has 0 atom stereocenters. The van der Waals surface area contributed by atoms with Crippen molar-refractivity contribution in [1.82, 2.24) is 10.4 Å². The molecule has 0 aromatic heterocycles. The van der Waals surface area contributed by atoms with E-state index in [0.717, 1.165) is 23.8 Å². The van der Waals surface area contributed by atoms with Gasteiger partial charge < -0.3 is 10.7 Å². The van der Waals surface area contributed by atoms with Gasteiger partial charge in [-0.1, -0.05) is 6.07 Å². The monoisotopic (exact) mass is 214 g/mol. The summed E-state index contributed by atoms with van der Waals surface area (Å²) in [5.74, 6) is 0.997. The van der Waals surface area contributed by atoms with Crippen LogP contribution < -0.4 is 10.7 Å². The van der Waals surface area contributed by atoms with Crippen LogP contribution in [0.5, 0.6) is 0 Å². The first-order valence-corrected chi connectivity index (χ1v) is 5.36. The van der Waals surface area contributed by atoms with E-state index in [0.29, 0.717) is 0 Å². The van der Waals surface area contributed by atoms with Gasteiger partial charge in [-0.25, -0.2) is 4.99 Å². The van der Waals surface area contributed by atoms with E-state index >= 15 is 0 Å². The van der Waals surface area contributed by atoms with Crippen molar-refractivity contribution in [3.63, 3.8) is 0 Å². The number of aryl methyl sites for hydroxylation is 1. The van der Waals surface area contributed by atoms with Crippen LogP contribution in [0.4, 0.5) is 11.4 Å². The highest BCUT2D eigenvalue weighted by Crippen LogP contribution is 2.30. The number of nitrogens with zero attached hydrogens (tertiary/aromatic N) is 2. The number of nitrogens with one attached hydrogen (secondary N) is 2. The predicted octanol–water partition coefficient (Wildman–Crippen LogP) is 1.78. The second kappa shape index (κ2) is 3.27. The van der Waals surface area contributed by atoms with Gasteiger partial charge in [0.05, 0.1) is 11.4 Å². The fraction of sp³-hybridized carbons (Fsp3) is 0.250. The molecule has 82 valence electrons. The van der Waals surface area contributed by atoms with Crippen LogP contribution in [0.1, 0.15) is 5.56 Å². The molecule has 1 aromatic carbocycles. The molecule has 4 heteroatoms.